The first kappa shape index (κ1) is 18.3. The molecule has 0 radical (unpaired) electrons. The van der Waals surface area contributed by atoms with Crippen molar-refractivity contribution in [3.05, 3.63) is 58.4 Å². The van der Waals surface area contributed by atoms with Crippen LogP contribution in [0.25, 0.3) is 0 Å². The molecule has 1 N–H and O–H groups in total. The number of halogens is 2. The Bertz CT molecular complexity index is 847. The van der Waals surface area contributed by atoms with Crippen molar-refractivity contribution >= 4 is 23.7 Å². The van der Waals surface area contributed by atoms with Gasteiger partial charge in [-0.2, -0.15) is 5.10 Å². The molecule has 0 aliphatic carbocycles. The molecule has 2 aromatic rings. The van der Waals surface area contributed by atoms with Gasteiger partial charge in [-0.1, -0.05) is 29.7 Å². The predicted molar refractivity (Wildman–Crippen MR) is 93.8 cm³/mol. The summed E-state index contributed by atoms with van der Waals surface area (Å²) in [5, 5.41) is 4.06. The molecule has 2 rings (SSSR count). The summed E-state index contributed by atoms with van der Waals surface area (Å²) >= 11 is 6.14. The van der Waals surface area contributed by atoms with E-state index in [1.807, 2.05) is 0 Å². The zero-order valence-corrected chi connectivity index (χ0v) is 14.0. The van der Waals surface area contributed by atoms with E-state index in [9.17, 15) is 9.18 Å². The van der Waals surface area contributed by atoms with Gasteiger partial charge in [0.05, 0.1) is 23.9 Å². The lowest BCUT2D eigenvalue weighted by Gasteiger charge is -2.11. The van der Waals surface area contributed by atoms with E-state index in [1.165, 1.54) is 31.5 Å². The molecule has 5 nitrogen and oxygen atoms in total. The van der Waals surface area contributed by atoms with E-state index in [2.05, 4.69) is 16.4 Å². The number of carbonyl (C=O) groups is 1. The zero-order chi connectivity index (χ0) is 18.2. The summed E-state index contributed by atoms with van der Waals surface area (Å²) in [7, 11) is 1.45. The summed E-state index contributed by atoms with van der Waals surface area (Å²) in [5.74, 6) is 1.72. The number of terminal acetylenes is 1. The summed E-state index contributed by atoms with van der Waals surface area (Å²) in [4.78, 5) is 11.9. The van der Waals surface area contributed by atoms with Crippen LogP contribution in [0.2, 0.25) is 5.02 Å². The Kier molecular flexibility index (Phi) is 6.38. The van der Waals surface area contributed by atoms with Crippen LogP contribution in [-0.2, 0) is 0 Å². The smallest absolute Gasteiger partial charge is 0.274 e. The fourth-order valence-electron chi connectivity index (χ4n) is 1.94. The summed E-state index contributed by atoms with van der Waals surface area (Å²) in [5.41, 5.74) is 2.68. The van der Waals surface area contributed by atoms with Crippen molar-refractivity contribution in [2.75, 3.05) is 13.7 Å². The number of benzene rings is 2. The number of hydrogen-bond donors (Lipinski definition) is 1. The number of carbonyl (C=O) groups excluding carboxylic acids is 1. The number of nitrogens with one attached hydrogen (secondary N) is 1. The molecular formula is C18H14ClFN2O3. The maximum Gasteiger partial charge on any atom is 0.274 e. The fraction of sp³-hybridized carbons (Fsp3) is 0.111. The van der Waals surface area contributed by atoms with Crippen molar-refractivity contribution < 1.29 is 18.7 Å². The lowest BCUT2D eigenvalue weighted by Crippen LogP contribution is -2.18. The molecule has 0 heterocycles. The maximum atomic E-state index is 13.5. The number of amides is 1. The molecule has 0 spiro atoms. The van der Waals surface area contributed by atoms with Crippen LogP contribution in [-0.4, -0.2) is 25.8 Å². The molecule has 0 atom stereocenters. The van der Waals surface area contributed by atoms with Gasteiger partial charge >= 0.3 is 0 Å². The van der Waals surface area contributed by atoms with Gasteiger partial charge in [-0.3, -0.25) is 4.79 Å². The second-order valence-corrected chi connectivity index (χ2v) is 5.11. The van der Waals surface area contributed by atoms with Gasteiger partial charge in [-0.25, -0.2) is 9.82 Å². The SMILES string of the molecule is C#CCOc1c(Cl)cc(/C=N\NC(=O)c2ccccc2F)cc1OC. The highest BCUT2D eigenvalue weighted by molar-refractivity contribution is 6.32. The predicted octanol–water partition coefficient (Wildman–Crippen LogP) is 3.26. The van der Waals surface area contributed by atoms with E-state index in [0.29, 0.717) is 17.1 Å². The Morgan fingerprint density at radius 2 is 2.20 bits per heavy atom. The standard InChI is InChI=1S/C18H14ClFN2O3/c1-3-8-25-17-14(19)9-12(10-16(17)24-2)11-21-22-18(23)13-6-4-5-7-15(13)20/h1,4-7,9-11H,8H2,2H3,(H,22,23)/b21-11-. The summed E-state index contributed by atoms with van der Waals surface area (Å²) in [6.07, 6.45) is 6.50. The number of nitrogens with zero attached hydrogens (tertiary/aromatic N) is 1. The lowest BCUT2D eigenvalue weighted by molar-refractivity contribution is 0.0951. The van der Waals surface area contributed by atoms with Crippen LogP contribution in [0.4, 0.5) is 4.39 Å². The number of methoxy groups -OCH3 is 1. The van der Waals surface area contributed by atoms with Crippen molar-refractivity contribution in [3.63, 3.8) is 0 Å². The molecule has 0 bridgehead atoms. The van der Waals surface area contributed by atoms with Gasteiger partial charge in [0.1, 0.15) is 12.4 Å². The second kappa shape index (κ2) is 8.71. The van der Waals surface area contributed by atoms with Crippen LogP contribution in [0.15, 0.2) is 41.5 Å². The van der Waals surface area contributed by atoms with Crippen LogP contribution >= 0.6 is 11.6 Å². The van der Waals surface area contributed by atoms with E-state index >= 15 is 0 Å². The Morgan fingerprint density at radius 1 is 1.44 bits per heavy atom. The first-order valence-corrected chi connectivity index (χ1v) is 7.46. The van der Waals surface area contributed by atoms with Gasteiger partial charge < -0.3 is 9.47 Å². The summed E-state index contributed by atoms with van der Waals surface area (Å²) in [6.45, 7) is 0.0439. The lowest BCUT2D eigenvalue weighted by atomic mass is 10.2. The average molecular weight is 361 g/mol. The van der Waals surface area contributed by atoms with Gasteiger partial charge in [-0.05, 0) is 29.8 Å². The van der Waals surface area contributed by atoms with Gasteiger partial charge in [0.2, 0.25) is 0 Å². The highest BCUT2D eigenvalue weighted by atomic mass is 35.5. The zero-order valence-electron chi connectivity index (χ0n) is 13.3. The van der Waals surface area contributed by atoms with E-state index in [0.717, 1.165) is 0 Å². The molecule has 0 aromatic heterocycles. The highest BCUT2D eigenvalue weighted by Crippen LogP contribution is 2.35. The van der Waals surface area contributed by atoms with E-state index in [-0.39, 0.29) is 17.2 Å². The normalized spacial score (nSPS) is 10.3. The van der Waals surface area contributed by atoms with Crippen LogP contribution in [0.1, 0.15) is 15.9 Å². The minimum Gasteiger partial charge on any atom is -0.493 e. The van der Waals surface area contributed by atoms with Gasteiger partial charge in [-0.15, -0.1) is 6.42 Å². The molecule has 0 unspecified atom stereocenters. The molecule has 0 fully saturated rings. The Labute approximate surface area is 149 Å². The Morgan fingerprint density at radius 3 is 2.88 bits per heavy atom. The number of hydrogen-bond acceptors (Lipinski definition) is 4. The maximum absolute atomic E-state index is 13.5. The van der Waals surface area contributed by atoms with Crippen molar-refractivity contribution in [3.8, 4) is 23.8 Å². The fourth-order valence-corrected chi connectivity index (χ4v) is 2.21. The van der Waals surface area contributed by atoms with Crippen molar-refractivity contribution in [2.24, 2.45) is 5.10 Å². The monoisotopic (exact) mass is 360 g/mol. The van der Waals surface area contributed by atoms with E-state index < -0.39 is 11.7 Å². The molecule has 128 valence electrons. The quantitative estimate of drug-likeness (QED) is 0.488. The third-order valence-electron chi connectivity index (χ3n) is 3.05. The first-order chi connectivity index (χ1) is 12.1. The third kappa shape index (κ3) is 4.72. The van der Waals surface area contributed by atoms with Gasteiger partial charge in [0.15, 0.2) is 11.5 Å². The molecule has 0 aliphatic rings. The minimum atomic E-state index is -0.665. The van der Waals surface area contributed by atoms with Crippen LogP contribution in [0.3, 0.4) is 0 Å². The molecular weight excluding hydrogens is 347 g/mol. The van der Waals surface area contributed by atoms with E-state index in [4.69, 9.17) is 27.5 Å². The second-order valence-electron chi connectivity index (χ2n) is 4.71. The molecule has 25 heavy (non-hydrogen) atoms. The minimum absolute atomic E-state index is 0.0439. The Balaban J connectivity index is 2.13. The van der Waals surface area contributed by atoms with Gasteiger partial charge in [0.25, 0.3) is 5.91 Å². The third-order valence-corrected chi connectivity index (χ3v) is 3.33. The summed E-state index contributed by atoms with van der Waals surface area (Å²) in [6, 6.07) is 8.77. The summed E-state index contributed by atoms with van der Waals surface area (Å²) < 4.78 is 24.0. The van der Waals surface area contributed by atoms with E-state index in [1.54, 1.807) is 18.2 Å². The largest absolute Gasteiger partial charge is 0.493 e. The number of hydrazone groups is 1. The molecule has 2 aromatic carbocycles. The molecule has 0 aliphatic heterocycles. The van der Waals surface area contributed by atoms with Crippen LogP contribution in [0, 0.1) is 18.2 Å². The topological polar surface area (TPSA) is 59.9 Å². The number of rotatable bonds is 6. The first-order valence-electron chi connectivity index (χ1n) is 7.08. The molecule has 0 saturated carbocycles. The average Bonchev–Trinajstić information content (AvgIpc) is 2.60. The van der Waals surface area contributed by atoms with Gasteiger partial charge in [0, 0.05) is 0 Å². The van der Waals surface area contributed by atoms with Crippen LogP contribution < -0.4 is 14.9 Å². The number of ether oxygens (including phenoxy) is 2. The molecule has 0 saturated heterocycles. The van der Waals surface area contributed by atoms with Crippen LogP contribution in [0.5, 0.6) is 11.5 Å². The van der Waals surface area contributed by atoms with Crippen molar-refractivity contribution in [1.29, 1.82) is 0 Å². The van der Waals surface area contributed by atoms with Crippen molar-refractivity contribution in [2.45, 2.75) is 0 Å². The highest BCUT2D eigenvalue weighted by Gasteiger charge is 2.12. The molecule has 7 heteroatoms. The van der Waals surface area contributed by atoms with Crippen molar-refractivity contribution in [1.82, 2.24) is 5.43 Å². The molecule has 1 amide bonds. The Hall–Kier alpha value is -3.04.